The quantitative estimate of drug-likeness (QED) is 0.145. The number of pyridine rings is 1. The lowest BCUT2D eigenvalue weighted by Crippen LogP contribution is -2.36. The van der Waals surface area contributed by atoms with Gasteiger partial charge in [-0.15, -0.1) is 0 Å². The van der Waals surface area contributed by atoms with Crippen LogP contribution in [0.3, 0.4) is 0 Å². The van der Waals surface area contributed by atoms with Crippen molar-refractivity contribution in [2.45, 2.75) is 118 Å². The summed E-state index contributed by atoms with van der Waals surface area (Å²) in [5.41, 5.74) is 14.8. The van der Waals surface area contributed by atoms with E-state index in [1.54, 1.807) is 0 Å². The minimum Gasteiger partial charge on any atom is -0.457 e. The number of hydrogen-bond acceptors (Lipinski definition) is 4. The Morgan fingerprint density at radius 2 is 1.25 bits per heavy atom. The second kappa shape index (κ2) is 16.3. The molecule has 5 heteroatoms. The van der Waals surface area contributed by atoms with E-state index in [1.807, 2.05) is 6.20 Å². The van der Waals surface area contributed by atoms with Gasteiger partial charge in [-0.05, 0) is 140 Å². The highest BCUT2D eigenvalue weighted by molar-refractivity contribution is 6.09. The van der Waals surface area contributed by atoms with Crippen molar-refractivity contribution in [2.24, 2.45) is 0 Å². The molecule has 2 aliphatic rings. The molecule has 1 atom stereocenters. The van der Waals surface area contributed by atoms with E-state index in [0.29, 0.717) is 17.8 Å². The summed E-state index contributed by atoms with van der Waals surface area (Å²) in [5.74, 6) is 3.54. The molecule has 0 spiro atoms. The number of aromatic nitrogens is 2. The largest absolute Gasteiger partial charge is 0.457 e. The van der Waals surface area contributed by atoms with Gasteiger partial charge in [-0.25, -0.2) is 4.98 Å². The van der Waals surface area contributed by atoms with Crippen molar-refractivity contribution in [2.75, 3.05) is 4.90 Å². The van der Waals surface area contributed by atoms with Gasteiger partial charge in [0, 0.05) is 46.7 Å². The van der Waals surface area contributed by atoms with Crippen LogP contribution in [-0.4, -0.2) is 20.6 Å². The zero-order chi connectivity index (χ0) is 45.2. The molecular formula is C59H64N4O. The molecule has 7 aromatic rings. The van der Waals surface area contributed by atoms with Crippen molar-refractivity contribution in [3.05, 3.63) is 179 Å². The van der Waals surface area contributed by atoms with Gasteiger partial charge in [0.25, 0.3) is 0 Å². The molecule has 326 valence electrons. The van der Waals surface area contributed by atoms with Crippen molar-refractivity contribution >= 4 is 33.2 Å². The minimum atomic E-state index is -0.0175. The first-order chi connectivity index (χ1) is 30.5. The summed E-state index contributed by atoms with van der Waals surface area (Å²) in [6, 6.07) is 40.4. The maximum Gasteiger partial charge on any atom is 0.137 e. The number of allylic oxidation sites excluding steroid dienone is 2. The van der Waals surface area contributed by atoms with Crippen LogP contribution < -0.4 is 9.64 Å². The first-order valence-corrected chi connectivity index (χ1v) is 23.2. The Morgan fingerprint density at radius 1 is 0.578 bits per heavy atom. The van der Waals surface area contributed by atoms with Gasteiger partial charge in [-0.2, -0.15) is 0 Å². The Kier molecular flexibility index (Phi) is 11.0. The standard InChI is InChI=1S/C59H64N4O/c1-37(2)40-32-50(38(3)4)57(51(33-40)39(5)6)42-29-41(54-36-62(56-19-15-16-28-61(54)56)45-22-20-43(21-23-45)58(7,8)9)30-47(31-42)64-46-24-25-49-48-17-13-14-18-52(48)63(53(49)35-46)55-34-44(26-27-60-55)59(10,11)12/h13-39,56H,1-12H3. The maximum atomic E-state index is 7.14. The van der Waals surface area contributed by atoms with Crippen molar-refractivity contribution < 1.29 is 4.74 Å². The number of benzene rings is 5. The Bertz CT molecular complexity index is 2950. The predicted octanol–water partition coefficient (Wildman–Crippen LogP) is 16.1. The van der Waals surface area contributed by atoms with Crippen LogP contribution >= 0.6 is 0 Å². The molecule has 0 saturated heterocycles. The molecule has 4 heterocycles. The van der Waals surface area contributed by atoms with Gasteiger partial charge in [-0.1, -0.05) is 132 Å². The molecule has 0 bridgehead atoms. The summed E-state index contributed by atoms with van der Waals surface area (Å²) < 4.78 is 9.43. The van der Waals surface area contributed by atoms with Gasteiger partial charge in [0.1, 0.15) is 23.5 Å². The fourth-order valence-corrected chi connectivity index (χ4v) is 9.44. The van der Waals surface area contributed by atoms with Crippen LogP contribution in [0.4, 0.5) is 5.69 Å². The Morgan fingerprint density at radius 3 is 1.92 bits per heavy atom. The van der Waals surface area contributed by atoms with Crippen LogP contribution in [0.1, 0.15) is 134 Å². The molecule has 0 saturated carbocycles. The van der Waals surface area contributed by atoms with E-state index in [2.05, 4.69) is 237 Å². The Balaban J connectivity index is 1.23. The average molecular weight is 845 g/mol. The smallest absolute Gasteiger partial charge is 0.137 e. The highest BCUT2D eigenvalue weighted by atomic mass is 16.5. The maximum absolute atomic E-state index is 7.14. The topological polar surface area (TPSA) is 33.5 Å². The van der Waals surface area contributed by atoms with Gasteiger partial charge < -0.3 is 14.5 Å². The normalized spacial score (nSPS) is 15.4. The number of ether oxygens (including phenoxy) is 1. The van der Waals surface area contributed by atoms with E-state index in [4.69, 9.17) is 9.72 Å². The number of fused-ring (bicyclic) bond motifs is 4. The molecule has 0 amide bonds. The molecule has 0 radical (unpaired) electrons. The lowest BCUT2D eigenvalue weighted by molar-refractivity contribution is 0.470. The summed E-state index contributed by atoms with van der Waals surface area (Å²) in [5, 5.41) is 2.35. The first kappa shape index (κ1) is 42.9. The first-order valence-electron chi connectivity index (χ1n) is 23.2. The third-order valence-electron chi connectivity index (χ3n) is 13.1. The van der Waals surface area contributed by atoms with Crippen LogP contribution in [0, 0.1) is 0 Å². The second-order valence-corrected chi connectivity index (χ2v) is 20.8. The summed E-state index contributed by atoms with van der Waals surface area (Å²) in [6.45, 7) is 27.5. The van der Waals surface area contributed by atoms with Crippen LogP contribution in [0.2, 0.25) is 0 Å². The van der Waals surface area contributed by atoms with Crippen molar-refractivity contribution in [3.63, 3.8) is 0 Å². The van der Waals surface area contributed by atoms with E-state index < -0.39 is 0 Å². The molecule has 0 aliphatic carbocycles. The lowest BCUT2D eigenvalue weighted by Gasteiger charge is -2.32. The van der Waals surface area contributed by atoms with Crippen molar-refractivity contribution in [1.82, 2.24) is 14.5 Å². The number of nitrogens with zero attached hydrogens (tertiary/aromatic N) is 4. The molecular weight excluding hydrogens is 781 g/mol. The van der Waals surface area contributed by atoms with Crippen LogP contribution in [0.25, 0.3) is 44.4 Å². The fourth-order valence-electron chi connectivity index (χ4n) is 9.44. The van der Waals surface area contributed by atoms with Gasteiger partial charge in [0.15, 0.2) is 0 Å². The van der Waals surface area contributed by atoms with E-state index in [1.165, 1.54) is 38.8 Å². The molecule has 1 unspecified atom stereocenters. The Hall–Kier alpha value is -6.33. The zero-order valence-electron chi connectivity index (χ0n) is 39.9. The van der Waals surface area contributed by atoms with Gasteiger partial charge in [-0.3, -0.25) is 4.57 Å². The van der Waals surface area contributed by atoms with Gasteiger partial charge >= 0.3 is 0 Å². The van der Waals surface area contributed by atoms with Crippen molar-refractivity contribution in [3.8, 4) is 28.4 Å². The van der Waals surface area contributed by atoms with E-state index in [-0.39, 0.29) is 17.0 Å². The molecule has 5 aromatic carbocycles. The number of hydrogen-bond donors (Lipinski definition) is 0. The number of rotatable bonds is 9. The summed E-state index contributed by atoms with van der Waals surface area (Å²) in [6.07, 6.45) is 13.0. The molecule has 64 heavy (non-hydrogen) atoms. The molecule has 0 N–H and O–H groups in total. The molecule has 5 nitrogen and oxygen atoms in total. The Labute approximate surface area is 381 Å². The predicted molar refractivity (Wildman–Crippen MR) is 271 cm³/mol. The van der Waals surface area contributed by atoms with E-state index in [9.17, 15) is 0 Å². The highest BCUT2D eigenvalue weighted by Gasteiger charge is 2.33. The fraction of sp³-hybridized carbons (Fsp3) is 0.305. The van der Waals surface area contributed by atoms with E-state index >= 15 is 0 Å². The molecule has 2 aromatic heterocycles. The van der Waals surface area contributed by atoms with Crippen LogP contribution in [0.15, 0.2) is 146 Å². The number of para-hydroxylation sites is 1. The number of anilines is 1. The molecule has 9 rings (SSSR count). The third kappa shape index (κ3) is 7.95. The van der Waals surface area contributed by atoms with Crippen molar-refractivity contribution in [1.29, 1.82) is 0 Å². The summed E-state index contributed by atoms with van der Waals surface area (Å²) in [7, 11) is 0. The second-order valence-electron chi connectivity index (χ2n) is 20.8. The summed E-state index contributed by atoms with van der Waals surface area (Å²) in [4.78, 5) is 9.72. The SMILES string of the molecule is CC(C)c1cc(C(C)C)c(-c2cc(Oc3ccc4c5ccccc5n(-c5cc(C(C)(C)C)ccn5)c4c3)cc(C3=CN(c4ccc(C(C)(C)C)cc4)C4C=CC=CN34)c2)c(C(C)C)c1. The summed E-state index contributed by atoms with van der Waals surface area (Å²) >= 11 is 0. The highest BCUT2D eigenvalue weighted by Crippen LogP contribution is 2.45. The average Bonchev–Trinajstić information content (AvgIpc) is 3.81. The minimum absolute atomic E-state index is 0.00556. The van der Waals surface area contributed by atoms with E-state index in [0.717, 1.165) is 56.2 Å². The third-order valence-corrected chi connectivity index (χ3v) is 13.1. The monoisotopic (exact) mass is 845 g/mol. The lowest BCUT2D eigenvalue weighted by atomic mass is 9.81. The zero-order valence-corrected chi connectivity index (χ0v) is 39.9. The van der Waals surface area contributed by atoms with Gasteiger partial charge in [0.2, 0.25) is 0 Å². The molecule has 2 aliphatic heterocycles. The van der Waals surface area contributed by atoms with Crippen LogP contribution in [-0.2, 0) is 10.8 Å². The molecule has 0 fully saturated rings. The van der Waals surface area contributed by atoms with Crippen LogP contribution in [0.5, 0.6) is 11.5 Å². The van der Waals surface area contributed by atoms with Gasteiger partial charge in [0.05, 0.1) is 16.7 Å².